The Kier molecular flexibility index (Phi) is 3.25. The van der Waals surface area contributed by atoms with Crippen LogP contribution in [0.2, 0.25) is 13.1 Å². The first-order valence-electron chi connectivity index (χ1n) is 4.42. The molecule has 0 fully saturated rings. The van der Waals surface area contributed by atoms with Crippen molar-refractivity contribution in [3.05, 3.63) is 30.3 Å². The Bertz CT molecular complexity index is 261. The minimum atomic E-state index is -1.57. The average molecular weight is 195 g/mol. The summed E-state index contributed by atoms with van der Waals surface area (Å²) < 4.78 is 1.99. The van der Waals surface area contributed by atoms with Crippen molar-refractivity contribution < 1.29 is 4.84 Å². The summed E-state index contributed by atoms with van der Waals surface area (Å²) in [6, 6.07) is 10.5. The van der Waals surface area contributed by atoms with Gasteiger partial charge in [0, 0.05) is 7.05 Å². The number of hydrogen-bond donors (Lipinski definition) is 0. The third kappa shape index (κ3) is 2.18. The zero-order valence-corrected chi connectivity index (χ0v) is 9.74. The lowest BCUT2D eigenvalue weighted by Gasteiger charge is -2.31. The van der Waals surface area contributed by atoms with Gasteiger partial charge in [-0.2, -0.15) is 0 Å². The summed E-state index contributed by atoms with van der Waals surface area (Å²) in [6.45, 7) is 4.54. The summed E-state index contributed by atoms with van der Waals surface area (Å²) in [4.78, 5) is 5.26. The fourth-order valence-corrected chi connectivity index (χ4v) is 3.08. The molecule has 0 amide bonds. The zero-order valence-electron chi connectivity index (χ0n) is 8.74. The van der Waals surface area contributed by atoms with Crippen LogP contribution in [0.5, 0.6) is 0 Å². The van der Waals surface area contributed by atoms with Gasteiger partial charge in [-0.05, 0) is 5.19 Å². The van der Waals surface area contributed by atoms with Gasteiger partial charge in [0.15, 0.2) is 8.24 Å². The number of benzene rings is 1. The molecule has 0 heterocycles. The molecule has 3 heteroatoms. The first-order valence-corrected chi connectivity index (χ1v) is 7.37. The van der Waals surface area contributed by atoms with Crippen molar-refractivity contribution in [3.63, 3.8) is 0 Å². The molecule has 72 valence electrons. The van der Waals surface area contributed by atoms with Crippen LogP contribution in [0.1, 0.15) is 0 Å². The van der Waals surface area contributed by atoms with Gasteiger partial charge in [-0.3, -0.25) is 0 Å². The Morgan fingerprint density at radius 1 is 1.15 bits per heavy atom. The number of rotatable bonds is 3. The number of nitrogens with zero attached hydrogens (tertiary/aromatic N) is 1. The van der Waals surface area contributed by atoms with Crippen LogP contribution in [0.3, 0.4) is 0 Å². The molecule has 0 saturated heterocycles. The van der Waals surface area contributed by atoms with E-state index in [1.165, 1.54) is 5.19 Å². The fraction of sp³-hybridized carbons (Fsp3) is 0.400. The summed E-state index contributed by atoms with van der Waals surface area (Å²) in [5, 5.41) is 1.39. The second-order valence-electron chi connectivity index (χ2n) is 3.61. The molecule has 0 spiro atoms. The zero-order chi connectivity index (χ0) is 9.90. The normalized spacial score (nSPS) is 12.1. The van der Waals surface area contributed by atoms with Gasteiger partial charge in [-0.1, -0.05) is 43.4 Å². The minimum Gasteiger partial charge on any atom is -0.309 e. The van der Waals surface area contributed by atoms with Crippen LogP contribution in [-0.2, 0) is 4.84 Å². The van der Waals surface area contributed by atoms with Crippen molar-refractivity contribution in [2.75, 3.05) is 14.2 Å². The van der Waals surface area contributed by atoms with Gasteiger partial charge in [0.2, 0.25) is 0 Å². The van der Waals surface area contributed by atoms with Crippen LogP contribution in [0.4, 0.5) is 0 Å². The van der Waals surface area contributed by atoms with Crippen LogP contribution < -0.4 is 5.19 Å². The molecular formula is C10H17NOSi. The van der Waals surface area contributed by atoms with Gasteiger partial charge in [0.05, 0.1) is 7.11 Å². The van der Waals surface area contributed by atoms with Gasteiger partial charge < -0.3 is 4.84 Å². The van der Waals surface area contributed by atoms with Gasteiger partial charge in [0.1, 0.15) is 0 Å². The summed E-state index contributed by atoms with van der Waals surface area (Å²) in [5.74, 6) is 0. The van der Waals surface area contributed by atoms with E-state index in [4.69, 9.17) is 4.84 Å². The fourth-order valence-electron chi connectivity index (χ4n) is 1.26. The molecule has 1 aromatic rings. The second kappa shape index (κ2) is 4.04. The van der Waals surface area contributed by atoms with E-state index < -0.39 is 8.24 Å². The lowest BCUT2D eigenvalue weighted by atomic mass is 10.4. The standard InChI is InChI=1S/C10H17NOSi/c1-11(12-2)13(3,4)10-8-6-5-7-9-10/h5-9H,1-4H3. The maximum Gasteiger partial charge on any atom is 0.184 e. The van der Waals surface area contributed by atoms with Crippen LogP contribution in [-0.4, -0.2) is 27.1 Å². The van der Waals surface area contributed by atoms with Crippen LogP contribution in [0, 0.1) is 0 Å². The highest BCUT2D eigenvalue weighted by Crippen LogP contribution is 2.07. The molecule has 13 heavy (non-hydrogen) atoms. The summed E-state index contributed by atoms with van der Waals surface area (Å²) in [6.07, 6.45) is 0. The molecule has 0 unspecified atom stereocenters. The number of hydroxylamine groups is 1. The predicted molar refractivity (Wildman–Crippen MR) is 58.3 cm³/mol. The van der Waals surface area contributed by atoms with E-state index in [1.807, 2.05) is 17.8 Å². The largest absolute Gasteiger partial charge is 0.309 e. The van der Waals surface area contributed by atoms with Gasteiger partial charge in [-0.15, -0.1) is 0 Å². The lowest BCUT2D eigenvalue weighted by molar-refractivity contribution is -0.0367. The SMILES string of the molecule is CON(C)[Si](C)(C)c1ccccc1. The summed E-state index contributed by atoms with van der Waals surface area (Å²) in [5.41, 5.74) is 0. The highest BCUT2D eigenvalue weighted by atomic mass is 28.3. The molecule has 0 aromatic heterocycles. The Balaban J connectivity index is 2.93. The Morgan fingerprint density at radius 3 is 2.15 bits per heavy atom. The van der Waals surface area contributed by atoms with E-state index in [1.54, 1.807) is 7.11 Å². The molecule has 1 aromatic carbocycles. The maximum absolute atomic E-state index is 5.26. The Hall–Kier alpha value is -0.643. The predicted octanol–water partition coefficient (Wildman–Crippen LogP) is 1.59. The van der Waals surface area contributed by atoms with Gasteiger partial charge in [-0.25, -0.2) is 4.73 Å². The Morgan fingerprint density at radius 2 is 1.69 bits per heavy atom. The second-order valence-corrected chi connectivity index (χ2v) is 7.93. The van der Waals surface area contributed by atoms with Crippen LogP contribution in [0.25, 0.3) is 0 Å². The van der Waals surface area contributed by atoms with E-state index in [9.17, 15) is 0 Å². The highest BCUT2D eigenvalue weighted by Gasteiger charge is 2.29. The monoisotopic (exact) mass is 195 g/mol. The molecule has 0 radical (unpaired) electrons. The third-order valence-corrected chi connectivity index (χ3v) is 6.04. The van der Waals surface area contributed by atoms with Crippen molar-refractivity contribution in [2.45, 2.75) is 13.1 Å². The molecule has 1 rings (SSSR count). The summed E-state index contributed by atoms with van der Waals surface area (Å²) >= 11 is 0. The molecule has 0 saturated carbocycles. The number of hydrogen-bond acceptors (Lipinski definition) is 2. The molecule has 0 aliphatic heterocycles. The van der Waals surface area contributed by atoms with E-state index >= 15 is 0 Å². The lowest BCUT2D eigenvalue weighted by Crippen LogP contribution is -2.55. The van der Waals surface area contributed by atoms with Gasteiger partial charge >= 0.3 is 0 Å². The molecule has 0 N–H and O–H groups in total. The molecular weight excluding hydrogens is 178 g/mol. The summed E-state index contributed by atoms with van der Waals surface area (Å²) in [7, 11) is 2.15. The van der Waals surface area contributed by atoms with Gasteiger partial charge in [0.25, 0.3) is 0 Å². The third-order valence-electron chi connectivity index (χ3n) is 2.54. The quantitative estimate of drug-likeness (QED) is 0.536. The molecule has 2 nitrogen and oxygen atoms in total. The smallest absolute Gasteiger partial charge is 0.184 e. The van der Waals surface area contributed by atoms with Crippen LogP contribution in [0.15, 0.2) is 30.3 Å². The maximum atomic E-state index is 5.26. The Labute approximate surface area is 81.2 Å². The first-order chi connectivity index (χ1) is 6.09. The van der Waals surface area contributed by atoms with Crippen molar-refractivity contribution >= 4 is 13.4 Å². The van der Waals surface area contributed by atoms with E-state index in [0.29, 0.717) is 0 Å². The van der Waals surface area contributed by atoms with E-state index in [0.717, 1.165) is 0 Å². The average Bonchev–Trinajstić information content (AvgIpc) is 2.18. The van der Waals surface area contributed by atoms with Crippen molar-refractivity contribution in [1.82, 2.24) is 4.73 Å². The van der Waals surface area contributed by atoms with E-state index in [2.05, 4.69) is 37.4 Å². The van der Waals surface area contributed by atoms with Crippen LogP contribution >= 0.6 is 0 Å². The van der Waals surface area contributed by atoms with Crippen molar-refractivity contribution in [3.8, 4) is 0 Å². The molecule has 0 aliphatic rings. The van der Waals surface area contributed by atoms with Crippen molar-refractivity contribution in [2.24, 2.45) is 0 Å². The molecule has 0 bridgehead atoms. The van der Waals surface area contributed by atoms with Crippen molar-refractivity contribution in [1.29, 1.82) is 0 Å². The van der Waals surface area contributed by atoms with E-state index in [-0.39, 0.29) is 0 Å². The topological polar surface area (TPSA) is 12.5 Å². The molecule has 0 aliphatic carbocycles. The first kappa shape index (κ1) is 10.4. The minimum absolute atomic E-state index is 1.39. The highest BCUT2D eigenvalue weighted by molar-refractivity contribution is 6.87. The molecule has 0 atom stereocenters.